The van der Waals surface area contributed by atoms with Crippen LogP contribution in [-0.2, 0) is 6.54 Å². The largest absolute Gasteiger partial charge is 1.00 e. The van der Waals surface area contributed by atoms with Gasteiger partial charge in [-0.1, -0.05) is 24.3 Å². The van der Waals surface area contributed by atoms with E-state index in [0.29, 0.717) is 6.54 Å². The second kappa shape index (κ2) is 7.15. The molecule has 0 fully saturated rings. The number of rotatable bonds is 4. The molecule has 4 nitrogen and oxygen atoms in total. The number of nitrogens with zero attached hydrogens (tertiary/aromatic N) is 3. The highest BCUT2D eigenvalue weighted by Crippen LogP contribution is 2.21. The molecule has 0 amide bonds. The highest BCUT2D eigenvalue weighted by molar-refractivity contribution is 5.81. The molecular weight excluding hydrogens is 320 g/mol. The van der Waals surface area contributed by atoms with Gasteiger partial charge in [-0.25, -0.2) is 4.98 Å². The van der Waals surface area contributed by atoms with Gasteiger partial charge in [-0.05, 0) is 42.5 Å². The number of fused-ring (bicyclic) bond motifs is 1. The Hall–Kier alpha value is -2.85. The van der Waals surface area contributed by atoms with E-state index in [1.807, 2.05) is 48.9 Å². The first-order valence-electron chi connectivity index (χ1n) is 7.56. The zero-order valence-electron chi connectivity index (χ0n) is 13.9. The summed E-state index contributed by atoms with van der Waals surface area (Å²) in [5.41, 5.74) is 5.24. The lowest BCUT2D eigenvalue weighted by Crippen LogP contribution is -3.00. The van der Waals surface area contributed by atoms with Gasteiger partial charge in [0.25, 0.3) is 0 Å². The van der Waals surface area contributed by atoms with Crippen LogP contribution < -0.4 is 17.7 Å². The lowest BCUT2D eigenvalue weighted by Gasteiger charge is -2.07. The van der Waals surface area contributed by atoms with Crippen LogP contribution in [0, 0.1) is 0 Å². The maximum Gasteiger partial charge on any atom is 1.00 e. The first-order chi connectivity index (χ1) is 11.4. The van der Waals surface area contributed by atoms with Crippen LogP contribution in [0.15, 0.2) is 79.3 Å². The molecule has 24 heavy (non-hydrogen) atoms. The van der Waals surface area contributed by atoms with Gasteiger partial charge in [0.05, 0.1) is 23.3 Å². The van der Waals surface area contributed by atoms with E-state index < -0.39 is 0 Å². The highest BCUT2D eigenvalue weighted by Gasteiger charge is 2.05. The Morgan fingerprint density at radius 2 is 1.75 bits per heavy atom. The molecule has 2 aromatic carbocycles. The maximum absolute atomic E-state index is 4.52. The van der Waals surface area contributed by atoms with Crippen molar-refractivity contribution in [1.29, 1.82) is 0 Å². The van der Waals surface area contributed by atoms with Crippen molar-refractivity contribution in [3.05, 3.63) is 84.9 Å². The number of anilines is 1. The average Bonchev–Trinajstić information content (AvgIpc) is 3.05. The quantitative estimate of drug-likeness (QED) is 0.608. The normalized spacial score (nSPS) is 10.3. The van der Waals surface area contributed by atoms with Crippen molar-refractivity contribution >= 4 is 16.7 Å². The van der Waals surface area contributed by atoms with Gasteiger partial charge in [-0.15, -0.1) is 0 Å². The van der Waals surface area contributed by atoms with Crippen LogP contribution in [-0.4, -0.2) is 14.5 Å². The highest BCUT2D eigenvalue weighted by atomic mass is 35.5. The second-order valence-corrected chi connectivity index (χ2v) is 5.33. The third-order valence-corrected chi connectivity index (χ3v) is 3.78. The zero-order valence-corrected chi connectivity index (χ0v) is 13.7. The first kappa shape index (κ1) is 16.0. The predicted octanol–water partition coefficient (Wildman–Crippen LogP) is 1.15. The van der Waals surface area contributed by atoms with Crippen LogP contribution in [0.1, 0.15) is 7.12 Å². The lowest BCUT2D eigenvalue weighted by molar-refractivity contribution is -0.00000466. The Labute approximate surface area is 148 Å². The molecule has 0 saturated carbocycles. The van der Waals surface area contributed by atoms with E-state index >= 15 is 0 Å². The maximum atomic E-state index is 4.52. The number of hydrogen-bond donors (Lipinski definition) is 1. The van der Waals surface area contributed by atoms with Gasteiger partial charge in [0.15, 0.2) is 0 Å². The fourth-order valence-corrected chi connectivity index (χ4v) is 2.61. The number of imidazole rings is 1. The molecular formula is C19H17ClN4. The van der Waals surface area contributed by atoms with Crippen molar-refractivity contribution in [3.8, 4) is 5.69 Å². The summed E-state index contributed by atoms with van der Waals surface area (Å²) >= 11 is 0. The van der Waals surface area contributed by atoms with Crippen LogP contribution in [0.4, 0.5) is 5.69 Å². The fraction of sp³-hybridized carbons (Fsp3) is 0.0526. The lowest BCUT2D eigenvalue weighted by atomic mass is 10.2. The molecule has 5 heteroatoms. The van der Waals surface area contributed by atoms with Crippen molar-refractivity contribution < 1.29 is 13.8 Å². The standard InChI is InChI=1S/C19H16N4.ClH/c1-2-7-17(8-3-1)23-14-22-18-12-15(9-10-19(18)23)21-13-16-6-4-5-11-20-16;/h1-12,14,21H,13H2;1H. The van der Waals surface area contributed by atoms with Gasteiger partial charge >= 0.3 is 1.43 Å². The minimum absolute atomic E-state index is 0. The van der Waals surface area contributed by atoms with Gasteiger partial charge < -0.3 is 17.7 Å². The van der Waals surface area contributed by atoms with Crippen LogP contribution in [0.2, 0.25) is 0 Å². The minimum atomic E-state index is 0. The third kappa shape index (κ3) is 3.24. The Bertz CT molecular complexity index is 926. The van der Waals surface area contributed by atoms with E-state index in [2.05, 4.69) is 50.2 Å². The summed E-state index contributed by atoms with van der Waals surface area (Å²) in [5, 5.41) is 3.39. The van der Waals surface area contributed by atoms with E-state index in [1.165, 1.54) is 0 Å². The minimum Gasteiger partial charge on any atom is -1.00 e. The Morgan fingerprint density at radius 3 is 2.54 bits per heavy atom. The summed E-state index contributed by atoms with van der Waals surface area (Å²) in [6, 6.07) is 22.4. The summed E-state index contributed by atoms with van der Waals surface area (Å²) in [5.74, 6) is 0. The molecule has 0 spiro atoms. The molecule has 0 radical (unpaired) electrons. The number of halogens is 1. The topological polar surface area (TPSA) is 42.7 Å². The first-order valence-corrected chi connectivity index (χ1v) is 7.56. The van der Waals surface area contributed by atoms with Crippen molar-refractivity contribution in [2.24, 2.45) is 0 Å². The molecule has 0 aliphatic heterocycles. The summed E-state index contributed by atoms with van der Waals surface area (Å²) in [6.45, 7) is 0.700. The molecule has 2 heterocycles. The summed E-state index contributed by atoms with van der Waals surface area (Å²) in [4.78, 5) is 8.84. The molecule has 0 saturated heterocycles. The Balaban J connectivity index is 0.00000113. The van der Waals surface area contributed by atoms with Crippen LogP contribution in [0.3, 0.4) is 0 Å². The molecule has 0 aliphatic carbocycles. The molecule has 4 aromatic rings. The smallest absolute Gasteiger partial charge is 1.00 e. The molecule has 1 N–H and O–H groups in total. The van der Waals surface area contributed by atoms with E-state index in [1.54, 1.807) is 0 Å². The van der Waals surface area contributed by atoms with Crippen LogP contribution in [0.25, 0.3) is 16.7 Å². The van der Waals surface area contributed by atoms with Crippen molar-refractivity contribution in [2.45, 2.75) is 6.54 Å². The van der Waals surface area contributed by atoms with E-state index in [0.717, 1.165) is 28.1 Å². The molecule has 0 unspecified atom stereocenters. The fourth-order valence-electron chi connectivity index (χ4n) is 2.61. The Kier molecular flexibility index (Phi) is 4.77. The summed E-state index contributed by atoms with van der Waals surface area (Å²) < 4.78 is 2.10. The molecule has 120 valence electrons. The van der Waals surface area contributed by atoms with E-state index in [-0.39, 0.29) is 13.8 Å². The molecule has 0 bridgehead atoms. The monoisotopic (exact) mass is 336 g/mol. The third-order valence-electron chi connectivity index (χ3n) is 3.78. The van der Waals surface area contributed by atoms with Crippen molar-refractivity contribution in [3.63, 3.8) is 0 Å². The number of benzene rings is 2. The Morgan fingerprint density at radius 1 is 0.917 bits per heavy atom. The number of aromatic nitrogens is 3. The summed E-state index contributed by atoms with van der Waals surface area (Å²) in [7, 11) is 0. The SMILES string of the molecule is [Cl-].[H+].c1ccc(-n2cnc3cc(NCc4ccccn4)ccc32)cc1. The number of hydrogen-bond acceptors (Lipinski definition) is 3. The predicted molar refractivity (Wildman–Crippen MR) is 93.7 cm³/mol. The molecule has 2 aromatic heterocycles. The van der Waals surface area contributed by atoms with E-state index in [4.69, 9.17) is 0 Å². The second-order valence-electron chi connectivity index (χ2n) is 5.33. The van der Waals surface area contributed by atoms with Crippen LogP contribution in [0.5, 0.6) is 0 Å². The van der Waals surface area contributed by atoms with Crippen LogP contribution >= 0.6 is 0 Å². The number of para-hydroxylation sites is 1. The van der Waals surface area contributed by atoms with Gasteiger partial charge in [-0.2, -0.15) is 0 Å². The zero-order chi connectivity index (χ0) is 15.5. The van der Waals surface area contributed by atoms with E-state index in [9.17, 15) is 0 Å². The van der Waals surface area contributed by atoms with Gasteiger partial charge in [0.1, 0.15) is 6.33 Å². The molecule has 0 atom stereocenters. The van der Waals surface area contributed by atoms with Crippen molar-refractivity contribution in [1.82, 2.24) is 14.5 Å². The van der Waals surface area contributed by atoms with Gasteiger partial charge in [-0.3, -0.25) is 9.55 Å². The van der Waals surface area contributed by atoms with Gasteiger partial charge in [0, 0.05) is 17.6 Å². The molecule has 4 rings (SSSR count). The van der Waals surface area contributed by atoms with Gasteiger partial charge in [0.2, 0.25) is 0 Å². The average molecular weight is 337 g/mol. The number of pyridine rings is 1. The summed E-state index contributed by atoms with van der Waals surface area (Å²) in [6.07, 6.45) is 3.67. The number of nitrogens with one attached hydrogen (secondary N) is 1. The van der Waals surface area contributed by atoms with Crippen molar-refractivity contribution in [2.75, 3.05) is 5.32 Å². The molecule has 0 aliphatic rings.